The molecule has 2 N–H and O–H groups in total. The number of anilines is 1. The molecule has 1 spiro atoms. The highest BCUT2D eigenvalue weighted by Crippen LogP contribution is 2.55. The molecule has 0 aromatic carbocycles. The Hall–Kier alpha value is -3.11. The minimum Gasteiger partial charge on any atom is -0.475 e. The van der Waals surface area contributed by atoms with Gasteiger partial charge in [-0.2, -0.15) is 4.57 Å². The van der Waals surface area contributed by atoms with Crippen molar-refractivity contribution in [2.75, 3.05) is 31.1 Å². The number of rotatable bonds is 7. The molecular weight excluding hydrogens is 649 g/mol. The monoisotopic (exact) mass is 680 g/mol. The number of aryl methyl sites for hydroxylation is 1. The SMILES string of the molecule is CC[n+]1ccccc1Br.F[B-](F)(F)F.NC(=O)C1CC2(CC2)CN1C(=O)c1cnc(N2CC(F)(F)C2)c(OCC2CC2)n1. The molecule has 17 heteroatoms. The Morgan fingerprint density at radius 3 is 2.30 bits per heavy atom. The third-order valence-corrected chi connectivity index (χ3v) is 8.24. The highest BCUT2D eigenvalue weighted by atomic mass is 79.9. The molecule has 2 saturated carbocycles. The lowest BCUT2D eigenvalue weighted by molar-refractivity contribution is -0.704. The summed E-state index contributed by atoms with van der Waals surface area (Å²) in [5.74, 6) is -2.97. The first-order valence-electron chi connectivity index (χ1n) is 13.8. The summed E-state index contributed by atoms with van der Waals surface area (Å²) in [5, 5.41) is 0. The Balaban J connectivity index is 0.000000251. The van der Waals surface area contributed by atoms with Crippen LogP contribution in [0.4, 0.5) is 31.9 Å². The molecule has 236 valence electrons. The van der Waals surface area contributed by atoms with Gasteiger partial charge in [-0.25, -0.2) is 18.7 Å². The van der Waals surface area contributed by atoms with Crippen LogP contribution in [0, 0.1) is 11.3 Å². The van der Waals surface area contributed by atoms with Gasteiger partial charge in [0.25, 0.3) is 17.7 Å². The van der Waals surface area contributed by atoms with Crippen molar-refractivity contribution >= 4 is 40.8 Å². The molecule has 2 aromatic rings. The fourth-order valence-electron chi connectivity index (χ4n) is 4.85. The normalized spacial score (nSPS) is 21.2. The summed E-state index contributed by atoms with van der Waals surface area (Å²) in [4.78, 5) is 36.3. The number of nitrogens with zero attached hydrogens (tertiary/aromatic N) is 5. The highest BCUT2D eigenvalue weighted by molar-refractivity contribution is 9.10. The van der Waals surface area contributed by atoms with Gasteiger partial charge >= 0.3 is 7.25 Å². The van der Waals surface area contributed by atoms with Crippen molar-refractivity contribution in [2.24, 2.45) is 17.1 Å². The highest BCUT2D eigenvalue weighted by Gasteiger charge is 2.55. The molecule has 4 heterocycles. The van der Waals surface area contributed by atoms with E-state index < -0.39 is 44.1 Å². The van der Waals surface area contributed by atoms with Gasteiger partial charge in [0.05, 0.1) is 25.9 Å². The second kappa shape index (κ2) is 12.9. The number of hydrogen-bond acceptors (Lipinski definition) is 6. The summed E-state index contributed by atoms with van der Waals surface area (Å²) in [6.45, 7) is 3.12. The molecule has 2 saturated heterocycles. The minimum atomic E-state index is -6.00. The third kappa shape index (κ3) is 9.19. The van der Waals surface area contributed by atoms with Crippen molar-refractivity contribution in [1.82, 2.24) is 14.9 Å². The molecule has 1 atom stereocenters. The number of halogens is 7. The molecule has 2 aliphatic carbocycles. The fourth-order valence-corrected chi connectivity index (χ4v) is 5.37. The van der Waals surface area contributed by atoms with Gasteiger partial charge in [0.15, 0.2) is 17.7 Å². The Kier molecular flexibility index (Phi) is 9.81. The lowest BCUT2D eigenvalue weighted by Gasteiger charge is -2.39. The van der Waals surface area contributed by atoms with E-state index in [1.54, 1.807) is 0 Å². The molecule has 9 nitrogen and oxygen atoms in total. The van der Waals surface area contributed by atoms with Crippen LogP contribution in [0.2, 0.25) is 0 Å². The standard InChI is InChI=1S/C19H23F2N5O3.C7H9BrN.BF4/c20-19(21)9-25(10-19)15-16(29-7-11-1-2-11)24-12(6-23-15)17(28)26-8-18(3-4-18)5-13(26)14(22)27;1-2-9-6-4-3-5-7(9)8;2-1(3,4)5/h6,11,13H,1-5,7-10H2,(H2,22,27);3-6H,2H2,1H3;/q;+1;-1. The average Bonchev–Trinajstić information content (AvgIpc) is 3.83. The van der Waals surface area contributed by atoms with Crippen molar-refractivity contribution in [3.8, 4) is 5.88 Å². The molecule has 2 amide bonds. The Labute approximate surface area is 253 Å². The van der Waals surface area contributed by atoms with Gasteiger partial charge in [-0.1, -0.05) is 0 Å². The van der Waals surface area contributed by atoms with Crippen LogP contribution in [0.1, 0.15) is 49.5 Å². The number of likely N-dealkylation sites (tertiary alicyclic amines) is 1. The van der Waals surface area contributed by atoms with E-state index in [9.17, 15) is 35.6 Å². The summed E-state index contributed by atoms with van der Waals surface area (Å²) in [7, 11) is -6.00. The molecule has 4 aliphatic rings. The smallest absolute Gasteiger partial charge is 0.475 e. The number of ether oxygens (including phenoxy) is 1. The number of alkyl halides is 2. The maximum atomic E-state index is 13.3. The van der Waals surface area contributed by atoms with Gasteiger partial charge in [0.2, 0.25) is 10.5 Å². The lowest BCUT2D eigenvalue weighted by Crippen LogP contribution is -2.56. The number of nitrogens with two attached hydrogens (primary N) is 1. The zero-order valence-corrected chi connectivity index (χ0v) is 25.0. The first kappa shape index (κ1) is 32.8. The number of aromatic nitrogens is 3. The van der Waals surface area contributed by atoms with E-state index in [4.69, 9.17) is 10.5 Å². The molecule has 0 radical (unpaired) electrons. The van der Waals surface area contributed by atoms with E-state index in [1.807, 2.05) is 24.4 Å². The van der Waals surface area contributed by atoms with Crippen LogP contribution in [0.25, 0.3) is 0 Å². The first-order chi connectivity index (χ1) is 20.1. The van der Waals surface area contributed by atoms with Crippen LogP contribution in [-0.4, -0.2) is 72.1 Å². The maximum Gasteiger partial charge on any atom is 0.673 e. The second-order valence-electron chi connectivity index (χ2n) is 11.2. The van der Waals surface area contributed by atoms with Crippen LogP contribution in [0.15, 0.2) is 35.2 Å². The zero-order valence-electron chi connectivity index (χ0n) is 23.4. The summed E-state index contributed by atoms with van der Waals surface area (Å²) in [6.07, 6.45) is 7.96. The quantitative estimate of drug-likeness (QED) is 0.203. The molecular formula is C26H32BBrF6N6O3. The molecule has 2 aliphatic heterocycles. The number of carbonyl (C=O) groups is 2. The number of hydrogen-bond donors (Lipinski definition) is 1. The molecule has 6 rings (SSSR count). The number of primary amides is 1. The predicted molar refractivity (Wildman–Crippen MR) is 148 cm³/mol. The largest absolute Gasteiger partial charge is 0.673 e. The average molecular weight is 681 g/mol. The third-order valence-electron chi connectivity index (χ3n) is 7.52. The second-order valence-corrected chi connectivity index (χ2v) is 12.0. The number of carbonyl (C=O) groups excluding carboxylic acids is 2. The van der Waals surface area contributed by atoms with E-state index in [-0.39, 0.29) is 22.8 Å². The van der Waals surface area contributed by atoms with Crippen molar-refractivity contribution < 1.29 is 44.9 Å². The van der Waals surface area contributed by atoms with Crippen LogP contribution >= 0.6 is 15.9 Å². The van der Waals surface area contributed by atoms with Gasteiger partial charge in [0, 0.05) is 34.6 Å². The minimum absolute atomic E-state index is 0.00273. The van der Waals surface area contributed by atoms with Crippen molar-refractivity contribution in [3.05, 3.63) is 40.9 Å². The van der Waals surface area contributed by atoms with Crippen LogP contribution in [-0.2, 0) is 11.3 Å². The molecule has 2 aromatic heterocycles. The van der Waals surface area contributed by atoms with Gasteiger partial charge in [-0.3, -0.25) is 9.59 Å². The Morgan fingerprint density at radius 1 is 1.16 bits per heavy atom. The zero-order chi connectivity index (χ0) is 31.6. The lowest BCUT2D eigenvalue weighted by atomic mass is 10.0. The van der Waals surface area contributed by atoms with E-state index in [2.05, 4.69) is 37.4 Å². The van der Waals surface area contributed by atoms with E-state index in [0.29, 0.717) is 25.5 Å². The number of amides is 2. The summed E-state index contributed by atoms with van der Waals surface area (Å²) >= 11 is 3.42. The number of pyridine rings is 1. The van der Waals surface area contributed by atoms with Crippen LogP contribution < -0.4 is 19.9 Å². The molecule has 4 fully saturated rings. The van der Waals surface area contributed by atoms with Crippen LogP contribution in [0.3, 0.4) is 0 Å². The van der Waals surface area contributed by atoms with Crippen molar-refractivity contribution in [1.29, 1.82) is 0 Å². The van der Waals surface area contributed by atoms with Crippen molar-refractivity contribution in [2.45, 2.75) is 57.5 Å². The van der Waals surface area contributed by atoms with Gasteiger partial charge < -0.3 is 37.5 Å². The van der Waals surface area contributed by atoms with E-state index in [1.165, 1.54) is 16.0 Å². The predicted octanol–water partition coefficient (Wildman–Crippen LogP) is 4.26. The Bertz CT molecular complexity index is 1320. The fraction of sp³-hybridized carbons (Fsp3) is 0.577. The van der Waals surface area contributed by atoms with E-state index >= 15 is 0 Å². The topological polar surface area (TPSA) is 106 Å². The van der Waals surface area contributed by atoms with Crippen molar-refractivity contribution in [3.63, 3.8) is 0 Å². The summed E-state index contributed by atoms with van der Waals surface area (Å²) < 4.78 is 74.6. The molecule has 43 heavy (non-hydrogen) atoms. The van der Waals surface area contributed by atoms with Gasteiger partial charge in [-0.15, -0.1) is 0 Å². The van der Waals surface area contributed by atoms with E-state index in [0.717, 1.165) is 36.8 Å². The molecule has 1 unspecified atom stereocenters. The van der Waals surface area contributed by atoms with Gasteiger partial charge in [-0.05, 0) is 56.4 Å². The first-order valence-corrected chi connectivity index (χ1v) is 14.6. The Morgan fingerprint density at radius 2 is 1.81 bits per heavy atom. The van der Waals surface area contributed by atoms with Gasteiger partial charge in [0.1, 0.15) is 12.6 Å². The maximum absolute atomic E-state index is 13.3. The summed E-state index contributed by atoms with van der Waals surface area (Å²) in [6, 6.07) is 5.41. The molecule has 0 bridgehead atoms. The van der Waals surface area contributed by atoms with Crippen LogP contribution in [0.5, 0.6) is 5.88 Å². The summed E-state index contributed by atoms with van der Waals surface area (Å²) in [5.41, 5.74) is 5.55.